The Morgan fingerprint density at radius 1 is 1.45 bits per heavy atom. The van der Waals surface area contributed by atoms with E-state index in [1.54, 1.807) is 6.07 Å². The Hall–Kier alpha value is -0.940. The predicted molar refractivity (Wildman–Crippen MR) is 37.8 cm³/mol. The monoisotopic (exact) mass is 173 g/mol. The lowest BCUT2D eigenvalue weighted by Crippen LogP contribution is -2.07. The summed E-state index contributed by atoms with van der Waals surface area (Å²) in [5.74, 6) is 0. The molecule has 0 bridgehead atoms. The van der Waals surface area contributed by atoms with Crippen LogP contribution in [0.25, 0.3) is 0 Å². The lowest BCUT2D eigenvalue weighted by molar-refractivity contribution is 0.453. The number of aromatic nitrogens is 1. The molecule has 4 nitrogen and oxygen atoms in total. The molecule has 0 atom stereocenters. The Labute approximate surface area is 64.9 Å². The van der Waals surface area contributed by atoms with Crippen LogP contribution in [0.2, 0.25) is 0 Å². The van der Waals surface area contributed by atoms with Gasteiger partial charge in [-0.1, -0.05) is 0 Å². The lowest BCUT2D eigenvalue weighted by atomic mass is 10.5. The second-order valence-electron chi connectivity index (χ2n) is 2.10. The van der Waals surface area contributed by atoms with Crippen LogP contribution in [-0.2, 0) is 17.2 Å². The average molecular weight is 173 g/mol. The fraction of sp³-hybridized carbons (Fsp3) is 0.167. The van der Waals surface area contributed by atoms with E-state index >= 15 is 0 Å². The first-order chi connectivity index (χ1) is 5.02. The van der Waals surface area contributed by atoms with E-state index in [2.05, 4.69) is 0 Å². The van der Waals surface area contributed by atoms with Gasteiger partial charge in [0.15, 0.2) is 10.1 Å². The number of hydrogen-bond donors (Lipinski definition) is 0. The number of aryl methyl sites for hydroxylation is 1. The molecule has 0 amide bonds. The van der Waals surface area contributed by atoms with Gasteiger partial charge in [-0.15, -0.1) is 0 Å². The zero-order chi connectivity index (χ0) is 8.48. The zero-order valence-electron chi connectivity index (χ0n) is 5.89. The smallest absolute Gasteiger partial charge is 0.223 e. The number of hydrogen-bond acceptors (Lipinski definition) is 3. The Morgan fingerprint density at radius 2 is 2.09 bits per heavy atom. The second kappa shape index (κ2) is 2.60. The van der Waals surface area contributed by atoms with Crippen LogP contribution < -0.4 is 0 Å². The number of pyridine rings is 1. The van der Waals surface area contributed by atoms with Crippen molar-refractivity contribution in [2.24, 2.45) is 7.05 Å². The van der Waals surface area contributed by atoms with Crippen LogP contribution in [0.1, 0.15) is 0 Å². The zero-order valence-corrected chi connectivity index (χ0v) is 6.71. The van der Waals surface area contributed by atoms with E-state index in [4.69, 9.17) is 0 Å². The third-order valence-corrected chi connectivity index (χ3v) is 2.20. The topological polar surface area (TPSA) is 62.1 Å². The summed E-state index contributed by atoms with van der Waals surface area (Å²) in [6.45, 7) is 0. The molecule has 0 spiro atoms. The molecular weight excluding hydrogens is 166 g/mol. The van der Waals surface area contributed by atoms with Gasteiger partial charge in [0.05, 0.1) is 12.1 Å². The van der Waals surface area contributed by atoms with Gasteiger partial charge in [0.2, 0.25) is 5.03 Å². The van der Waals surface area contributed by atoms with Crippen molar-refractivity contribution in [3.8, 4) is 0 Å². The molecule has 60 valence electrons. The highest BCUT2D eigenvalue weighted by Crippen LogP contribution is 2.04. The summed E-state index contributed by atoms with van der Waals surface area (Å²) in [6.07, 6.45) is 1.50. The summed E-state index contributed by atoms with van der Waals surface area (Å²) in [6, 6.07) is 4.42. The molecule has 11 heavy (non-hydrogen) atoms. The minimum Gasteiger partial charge on any atom is -0.732 e. The maximum atomic E-state index is 10.5. The largest absolute Gasteiger partial charge is 0.732 e. The van der Waals surface area contributed by atoms with Crippen molar-refractivity contribution >= 4 is 10.1 Å². The maximum Gasteiger partial charge on any atom is 0.223 e. The molecule has 0 aliphatic rings. The van der Waals surface area contributed by atoms with E-state index in [-0.39, 0.29) is 5.03 Å². The van der Waals surface area contributed by atoms with Crippen LogP contribution >= 0.6 is 0 Å². The van der Waals surface area contributed by atoms with E-state index in [0.29, 0.717) is 0 Å². The minimum absolute atomic E-state index is 0.222. The molecule has 0 radical (unpaired) electrons. The van der Waals surface area contributed by atoms with Gasteiger partial charge in [0.1, 0.15) is 6.20 Å². The third-order valence-electron chi connectivity index (χ3n) is 1.26. The van der Waals surface area contributed by atoms with Gasteiger partial charge in [-0.25, -0.2) is 13.0 Å². The van der Waals surface area contributed by atoms with E-state index in [0.717, 1.165) is 0 Å². The third kappa shape index (κ3) is 1.75. The molecule has 0 aromatic carbocycles. The van der Waals surface area contributed by atoms with Crippen LogP contribution in [0, 0.1) is 0 Å². The molecule has 1 aromatic heterocycles. The van der Waals surface area contributed by atoms with Crippen molar-refractivity contribution < 1.29 is 13.0 Å². The van der Waals surface area contributed by atoms with Gasteiger partial charge in [0, 0.05) is 13.1 Å². The summed E-state index contributed by atoms with van der Waals surface area (Å²) < 4.78 is 32.7. The van der Waals surface area contributed by atoms with Crippen molar-refractivity contribution in [2.45, 2.75) is 5.03 Å². The summed E-state index contributed by atoms with van der Waals surface area (Å²) in [5.41, 5.74) is 0. The molecule has 0 unspecified atom stereocenters. The van der Waals surface area contributed by atoms with Crippen molar-refractivity contribution in [3.05, 3.63) is 24.4 Å². The van der Waals surface area contributed by atoms with E-state index < -0.39 is 10.1 Å². The average Bonchev–Trinajstić information content (AvgIpc) is 1.86. The Kier molecular flexibility index (Phi) is 1.92. The highest BCUT2D eigenvalue weighted by Gasteiger charge is 2.08. The molecule has 5 heteroatoms. The van der Waals surface area contributed by atoms with Crippen molar-refractivity contribution in [2.75, 3.05) is 0 Å². The predicted octanol–water partition coefficient (Wildman–Crippen LogP) is 0.210. The fourth-order valence-electron chi connectivity index (χ4n) is 0.767. The molecule has 0 aliphatic carbocycles. The molecule has 0 aliphatic heterocycles. The highest BCUT2D eigenvalue weighted by atomic mass is 32.2. The molecule has 1 aromatic rings. The maximum absolute atomic E-state index is 10.5. The molecule has 0 saturated carbocycles. The van der Waals surface area contributed by atoms with Gasteiger partial charge in [0.25, 0.3) is 0 Å². The van der Waals surface area contributed by atoms with Crippen molar-refractivity contribution in [1.82, 2.24) is 4.57 Å². The van der Waals surface area contributed by atoms with Gasteiger partial charge < -0.3 is 4.55 Å². The summed E-state index contributed by atoms with van der Waals surface area (Å²) >= 11 is 0. The SMILES string of the molecule is Cn1cccc[c+]1S(=O)(=O)[O-]. The van der Waals surface area contributed by atoms with E-state index in [9.17, 15) is 13.0 Å². The second-order valence-corrected chi connectivity index (χ2v) is 3.43. The summed E-state index contributed by atoms with van der Waals surface area (Å²) in [5, 5.41) is -0.222. The first kappa shape index (κ1) is 8.16. The van der Waals surface area contributed by atoms with Crippen molar-refractivity contribution in [3.63, 3.8) is 0 Å². The molecule has 0 fully saturated rings. The standard InChI is InChI=1S/C6H7NO3S/c1-7-5-3-2-4-6(7)11(8,9)10/h2-5H,1H3. The van der Waals surface area contributed by atoms with Gasteiger partial charge in [-0.2, -0.15) is 0 Å². The van der Waals surface area contributed by atoms with Crippen LogP contribution in [-0.4, -0.2) is 17.5 Å². The van der Waals surface area contributed by atoms with Crippen LogP contribution in [0.4, 0.5) is 0 Å². The fourth-order valence-corrected chi connectivity index (χ4v) is 1.43. The lowest BCUT2D eigenvalue weighted by Gasteiger charge is -2.03. The van der Waals surface area contributed by atoms with Crippen molar-refractivity contribution in [1.29, 1.82) is 0 Å². The number of nitrogens with zero attached hydrogens (tertiary/aromatic N) is 1. The summed E-state index contributed by atoms with van der Waals surface area (Å²) in [7, 11) is -2.82. The van der Waals surface area contributed by atoms with Crippen LogP contribution in [0.15, 0.2) is 29.4 Å². The highest BCUT2D eigenvalue weighted by molar-refractivity contribution is 7.85. The van der Waals surface area contributed by atoms with Gasteiger partial charge >= 0.3 is 0 Å². The Morgan fingerprint density at radius 3 is 2.45 bits per heavy atom. The van der Waals surface area contributed by atoms with Gasteiger partial charge in [-0.05, 0) is 0 Å². The molecule has 0 N–H and O–H groups in total. The van der Waals surface area contributed by atoms with Gasteiger partial charge in [-0.3, -0.25) is 0 Å². The Balaban J connectivity index is 3.37. The van der Waals surface area contributed by atoms with Crippen LogP contribution in [0.5, 0.6) is 0 Å². The molecule has 1 rings (SSSR count). The number of rotatable bonds is 1. The van der Waals surface area contributed by atoms with E-state index in [1.165, 1.54) is 29.9 Å². The first-order valence-electron chi connectivity index (χ1n) is 2.92. The molecule has 1 heterocycles. The quantitative estimate of drug-likeness (QED) is 0.450. The normalized spacial score (nSPS) is 11.5. The van der Waals surface area contributed by atoms with Crippen LogP contribution in [0.3, 0.4) is 0 Å². The molecular formula is C6H7NO3S. The Bertz CT molecular complexity index is 358. The summed E-state index contributed by atoms with van der Waals surface area (Å²) in [4.78, 5) is 0. The molecule has 0 saturated heterocycles. The first-order valence-corrected chi connectivity index (χ1v) is 4.33. The minimum atomic E-state index is -4.32. The van der Waals surface area contributed by atoms with E-state index in [1.807, 2.05) is 0 Å².